The van der Waals surface area contributed by atoms with Crippen molar-refractivity contribution in [3.8, 4) is 0 Å². The van der Waals surface area contributed by atoms with E-state index in [1.165, 1.54) is 37.7 Å². The van der Waals surface area contributed by atoms with E-state index in [0.717, 1.165) is 6.42 Å². The molecule has 1 amide bonds. The molecular weight excluding hydrogens is 262 g/mol. The zero-order valence-electron chi connectivity index (χ0n) is 12.8. The van der Waals surface area contributed by atoms with Crippen molar-refractivity contribution in [2.75, 3.05) is 6.61 Å². The summed E-state index contributed by atoms with van der Waals surface area (Å²) in [7, 11) is 0. The molecule has 1 aromatic rings. The van der Waals surface area contributed by atoms with Crippen LogP contribution in [0.4, 0.5) is 4.79 Å². The molecule has 21 heavy (non-hydrogen) atoms. The van der Waals surface area contributed by atoms with Crippen molar-refractivity contribution in [1.82, 2.24) is 4.90 Å². The van der Waals surface area contributed by atoms with Gasteiger partial charge in [0.25, 0.3) is 0 Å². The van der Waals surface area contributed by atoms with Crippen LogP contribution >= 0.6 is 0 Å². The van der Waals surface area contributed by atoms with Gasteiger partial charge in [-0.3, -0.25) is 4.90 Å². The normalized spacial score (nSPS) is 24.9. The average Bonchev–Trinajstić information content (AvgIpc) is 2.92. The van der Waals surface area contributed by atoms with Gasteiger partial charge < -0.3 is 4.74 Å². The predicted octanol–water partition coefficient (Wildman–Crippen LogP) is 4.54. The summed E-state index contributed by atoms with van der Waals surface area (Å²) in [5, 5.41) is 0. The quantitative estimate of drug-likeness (QED) is 0.813. The highest BCUT2D eigenvalue weighted by atomic mass is 16.6. The van der Waals surface area contributed by atoms with Crippen LogP contribution in [0.15, 0.2) is 30.3 Å². The second-order valence-electron chi connectivity index (χ2n) is 6.28. The maximum absolute atomic E-state index is 12.3. The first-order valence-electron chi connectivity index (χ1n) is 8.31. The number of carbonyl (C=O) groups excluding carboxylic acids is 1. The molecule has 114 valence electrons. The Balaban J connectivity index is 1.83. The van der Waals surface area contributed by atoms with Gasteiger partial charge >= 0.3 is 6.09 Å². The highest BCUT2D eigenvalue weighted by Gasteiger charge is 2.41. The molecule has 0 bridgehead atoms. The van der Waals surface area contributed by atoms with Crippen LogP contribution in [-0.2, 0) is 4.74 Å². The summed E-state index contributed by atoms with van der Waals surface area (Å²) in [5.41, 5.74) is 1.19. The van der Waals surface area contributed by atoms with E-state index in [-0.39, 0.29) is 12.1 Å². The molecule has 0 aromatic heterocycles. The van der Waals surface area contributed by atoms with Gasteiger partial charge in [-0.15, -0.1) is 0 Å². The van der Waals surface area contributed by atoms with Crippen LogP contribution in [0.3, 0.4) is 0 Å². The Bertz CT molecular complexity index is 467. The lowest BCUT2D eigenvalue weighted by Crippen LogP contribution is -2.43. The predicted molar refractivity (Wildman–Crippen MR) is 83.0 cm³/mol. The largest absolute Gasteiger partial charge is 0.447 e. The third-order valence-corrected chi connectivity index (χ3v) is 5.07. The molecule has 3 nitrogen and oxygen atoms in total. The van der Waals surface area contributed by atoms with Gasteiger partial charge in [-0.25, -0.2) is 4.79 Å². The first-order valence-corrected chi connectivity index (χ1v) is 8.31. The number of hydrogen-bond acceptors (Lipinski definition) is 2. The lowest BCUT2D eigenvalue weighted by atomic mass is 9.81. The SMILES string of the molecule is CC[C@@H](C1CCCCC1)N1C(=O)OC[C@H]1c1ccccc1. The lowest BCUT2D eigenvalue weighted by Gasteiger charge is -2.37. The zero-order valence-corrected chi connectivity index (χ0v) is 12.8. The Morgan fingerprint density at radius 1 is 1.19 bits per heavy atom. The number of rotatable bonds is 4. The van der Waals surface area contributed by atoms with Crippen LogP contribution in [0.25, 0.3) is 0 Å². The van der Waals surface area contributed by atoms with Gasteiger partial charge in [0, 0.05) is 6.04 Å². The maximum Gasteiger partial charge on any atom is 0.410 e. The molecule has 0 unspecified atom stereocenters. The van der Waals surface area contributed by atoms with Crippen LogP contribution < -0.4 is 0 Å². The number of hydrogen-bond donors (Lipinski definition) is 0. The van der Waals surface area contributed by atoms with Crippen molar-refractivity contribution in [1.29, 1.82) is 0 Å². The van der Waals surface area contributed by atoms with E-state index in [0.29, 0.717) is 18.6 Å². The summed E-state index contributed by atoms with van der Waals surface area (Å²) in [6.07, 6.45) is 7.36. The molecule has 3 rings (SSSR count). The molecule has 0 radical (unpaired) electrons. The van der Waals surface area contributed by atoms with E-state index < -0.39 is 0 Å². The van der Waals surface area contributed by atoms with Gasteiger partial charge in [-0.1, -0.05) is 56.5 Å². The van der Waals surface area contributed by atoms with Crippen LogP contribution in [0, 0.1) is 5.92 Å². The summed E-state index contributed by atoms with van der Waals surface area (Å²) in [6.45, 7) is 2.69. The van der Waals surface area contributed by atoms with E-state index in [1.54, 1.807) is 0 Å². The maximum atomic E-state index is 12.3. The van der Waals surface area contributed by atoms with Crippen LogP contribution in [0.1, 0.15) is 57.1 Å². The van der Waals surface area contributed by atoms with Gasteiger partial charge in [-0.05, 0) is 30.7 Å². The van der Waals surface area contributed by atoms with E-state index in [4.69, 9.17) is 4.74 Å². The van der Waals surface area contributed by atoms with Crippen molar-refractivity contribution in [3.63, 3.8) is 0 Å². The lowest BCUT2D eigenvalue weighted by molar-refractivity contribution is 0.109. The van der Waals surface area contributed by atoms with E-state index in [9.17, 15) is 4.79 Å². The monoisotopic (exact) mass is 287 g/mol. The average molecular weight is 287 g/mol. The number of amides is 1. The van der Waals surface area contributed by atoms with E-state index >= 15 is 0 Å². The van der Waals surface area contributed by atoms with Gasteiger partial charge in [0.2, 0.25) is 0 Å². The minimum absolute atomic E-state index is 0.0885. The van der Waals surface area contributed by atoms with Crippen molar-refractivity contribution in [2.24, 2.45) is 5.92 Å². The molecule has 2 atom stereocenters. The first kappa shape index (κ1) is 14.4. The number of carbonyl (C=O) groups is 1. The van der Waals surface area contributed by atoms with E-state index in [1.807, 2.05) is 23.1 Å². The summed E-state index contributed by atoms with van der Waals surface area (Å²) in [6, 6.07) is 10.7. The second-order valence-corrected chi connectivity index (χ2v) is 6.28. The summed E-state index contributed by atoms with van der Waals surface area (Å²) < 4.78 is 5.39. The fourth-order valence-corrected chi connectivity index (χ4v) is 4.01. The Kier molecular flexibility index (Phi) is 4.47. The smallest absolute Gasteiger partial charge is 0.410 e. The number of benzene rings is 1. The zero-order chi connectivity index (χ0) is 14.7. The number of ether oxygens (including phenoxy) is 1. The van der Waals surface area contributed by atoms with Crippen molar-refractivity contribution >= 4 is 6.09 Å². The first-order chi connectivity index (χ1) is 10.3. The number of cyclic esters (lactones) is 1. The molecule has 1 saturated heterocycles. The van der Waals surface area contributed by atoms with E-state index in [2.05, 4.69) is 19.1 Å². The Labute approximate surface area is 127 Å². The molecule has 3 heteroatoms. The second kappa shape index (κ2) is 6.50. The summed E-state index contributed by atoms with van der Waals surface area (Å²) >= 11 is 0. The summed E-state index contributed by atoms with van der Waals surface area (Å²) in [5.74, 6) is 0.639. The molecule has 0 spiro atoms. The Hall–Kier alpha value is -1.51. The molecule has 1 saturated carbocycles. The number of nitrogens with zero attached hydrogens (tertiary/aromatic N) is 1. The topological polar surface area (TPSA) is 29.5 Å². The third-order valence-electron chi connectivity index (χ3n) is 5.07. The molecule has 1 aliphatic heterocycles. The van der Waals surface area contributed by atoms with Gasteiger partial charge in [0.1, 0.15) is 6.61 Å². The minimum Gasteiger partial charge on any atom is -0.447 e. The third kappa shape index (κ3) is 2.92. The van der Waals surface area contributed by atoms with Crippen molar-refractivity contribution in [3.05, 3.63) is 35.9 Å². The minimum atomic E-state index is -0.124. The fourth-order valence-electron chi connectivity index (χ4n) is 4.01. The fraction of sp³-hybridized carbons (Fsp3) is 0.611. The highest BCUT2D eigenvalue weighted by Crippen LogP contribution is 2.37. The standard InChI is InChI=1S/C18H25NO2/c1-2-16(14-9-5-3-6-10-14)19-17(13-21-18(19)20)15-11-7-4-8-12-15/h4,7-8,11-12,14,16-17H,2-3,5-6,9-10,13H2,1H3/t16-,17-/m0/s1. The molecule has 1 heterocycles. The van der Waals surface area contributed by atoms with Gasteiger partial charge in [0.15, 0.2) is 0 Å². The molecule has 1 aliphatic carbocycles. The summed E-state index contributed by atoms with van der Waals surface area (Å²) in [4.78, 5) is 14.3. The molecule has 1 aromatic carbocycles. The van der Waals surface area contributed by atoms with Gasteiger partial charge in [-0.2, -0.15) is 0 Å². The van der Waals surface area contributed by atoms with Crippen molar-refractivity contribution in [2.45, 2.75) is 57.5 Å². The van der Waals surface area contributed by atoms with Crippen LogP contribution in [0.2, 0.25) is 0 Å². The molecular formula is C18H25NO2. The molecule has 2 aliphatic rings. The van der Waals surface area contributed by atoms with Crippen molar-refractivity contribution < 1.29 is 9.53 Å². The van der Waals surface area contributed by atoms with Gasteiger partial charge in [0.05, 0.1) is 6.04 Å². The highest BCUT2D eigenvalue weighted by molar-refractivity contribution is 5.71. The molecule has 2 fully saturated rings. The Morgan fingerprint density at radius 2 is 1.90 bits per heavy atom. The van der Waals surface area contributed by atoms with Crippen LogP contribution in [-0.4, -0.2) is 23.6 Å². The molecule has 0 N–H and O–H groups in total. The Morgan fingerprint density at radius 3 is 2.57 bits per heavy atom. The van der Waals surface area contributed by atoms with Crippen LogP contribution in [0.5, 0.6) is 0 Å².